The topological polar surface area (TPSA) is 53.7 Å². The fourth-order valence-corrected chi connectivity index (χ4v) is 2.31. The van der Waals surface area contributed by atoms with Crippen molar-refractivity contribution < 1.29 is 18.7 Å². The molecule has 120 valence electrons. The van der Waals surface area contributed by atoms with Gasteiger partial charge in [0.25, 0.3) is 0 Å². The molecule has 2 unspecified atom stereocenters. The van der Waals surface area contributed by atoms with Crippen molar-refractivity contribution in [2.45, 2.75) is 39.8 Å². The Balaban J connectivity index is 2.19. The Morgan fingerprint density at radius 2 is 2.00 bits per heavy atom. The van der Waals surface area contributed by atoms with Crippen LogP contribution in [-0.4, -0.2) is 25.2 Å². The first-order valence-corrected chi connectivity index (χ1v) is 7.42. The highest BCUT2D eigenvalue weighted by molar-refractivity contribution is 5.33. The lowest BCUT2D eigenvalue weighted by Gasteiger charge is -2.18. The normalized spacial score (nSPS) is 14.0. The third-order valence-corrected chi connectivity index (χ3v) is 3.35. The zero-order valence-electron chi connectivity index (χ0n) is 13.5. The first-order valence-electron chi connectivity index (χ1n) is 7.42. The number of benzene rings is 1. The van der Waals surface area contributed by atoms with E-state index < -0.39 is 0 Å². The Morgan fingerprint density at radius 1 is 1.23 bits per heavy atom. The smallest absolute Gasteiger partial charge is 0.170 e. The average Bonchev–Trinajstić information content (AvgIpc) is 2.94. The molecule has 0 aliphatic carbocycles. The van der Waals surface area contributed by atoms with E-state index in [1.807, 2.05) is 51.1 Å². The first kappa shape index (κ1) is 16.7. The van der Waals surface area contributed by atoms with Crippen LogP contribution in [0, 0.1) is 6.92 Å². The maximum absolute atomic E-state index is 5.72. The van der Waals surface area contributed by atoms with Gasteiger partial charge in [-0.3, -0.25) is 0 Å². The quantitative estimate of drug-likeness (QED) is 0.697. The van der Waals surface area contributed by atoms with Gasteiger partial charge in [0.2, 0.25) is 0 Å². The van der Waals surface area contributed by atoms with Crippen molar-refractivity contribution in [2.75, 3.05) is 13.7 Å². The molecule has 1 aromatic carbocycles. The molecule has 0 aliphatic rings. The summed E-state index contributed by atoms with van der Waals surface area (Å²) in [7, 11) is 1.66. The van der Waals surface area contributed by atoms with Crippen LogP contribution in [0.4, 0.5) is 0 Å². The van der Waals surface area contributed by atoms with Crippen LogP contribution >= 0.6 is 0 Å². The van der Waals surface area contributed by atoms with Crippen molar-refractivity contribution in [3.8, 4) is 0 Å². The molecule has 2 atom stereocenters. The molecule has 2 aromatic rings. The molecule has 0 saturated carbocycles. The molecular weight excluding hydrogens is 282 g/mol. The summed E-state index contributed by atoms with van der Waals surface area (Å²) in [4.78, 5) is 0. The summed E-state index contributed by atoms with van der Waals surface area (Å²) in [5.74, 6) is 0.685. The SMILES string of the molecule is CCOC(C)OCc1ccccc1C(OC)c1cc(C)no1. The minimum atomic E-state index is -0.302. The van der Waals surface area contributed by atoms with Gasteiger partial charge in [0.05, 0.1) is 12.3 Å². The summed E-state index contributed by atoms with van der Waals surface area (Å²) in [6.45, 7) is 6.80. The third kappa shape index (κ3) is 4.16. The number of nitrogens with zero attached hydrogens (tertiary/aromatic N) is 1. The van der Waals surface area contributed by atoms with Gasteiger partial charge in [0.1, 0.15) is 6.10 Å². The minimum absolute atomic E-state index is 0.244. The van der Waals surface area contributed by atoms with E-state index in [2.05, 4.69) is 5.16 Å². The summed E-state index contributed by atoms with van der Waals surface area (Å²) in [6, 6.07) is 9.86. The van der Waals surface area contributed by atoms with Crippen molar-refractivity contribution >= 4 is 0 Å². The van der Waals surface area contributed by atoms with Gasteiger partial charge in [-0.05, 0) is 31.9 Å². The second-order valence-electron chi connectivity index (χ2n) is 5.02. The van der Waals surface area contributed by atoms with Crippen molar-refractivity contribution in [2.24, 2.45) is 0 Å². The van der Waals surface area contributed by atoms with Crippen molar-refractivity contribution in [1.82, 2.24) is 5.16 Å². The highest BCUT2D eigenvalue weighted by atomic mass is 16.7. The molecule has 1 heterocycles. The Bertz CT molecular complexity index is 582. The van der Waals surface area contributed by atoms with Crippen LogP contribution in [0.5, 0.6) is 0 Å². The number of aryl methyl sites for hydroxylation is 1. The van der Waals surface area contributed by atoms with Crippen LogP contribution in [-0.2, 0) is 20.8 Å². The molecule has 0 aliphatic heterocycles. The molecule has 0 spiro atoms. The largest absolute Gasteiger partial charge is 0.369 e. The second-order valence-corrected chi connectivity index (χ2v) is 5.02. The van der Waals surface area contributed by atoms with E-state index in [0.717, 1.165) is 16.8 Å². The van der Waals surface area contributed by atoms with Crippen LogP contribution in [0.1, 0.15) is 42.5 Å². The van der Waals surface area contributed by atoms with E-state index in [0.29, 0.717) is 19.0 Å². The minimum Gasteiger partial charge on any atom is -0.369 e. The Hall–Kier alpha value is -1.69. The fourth-order valence-electron chi connectivity index (χ4n) is 2.31. The molecular formula is C17H23NO4. The molecule has 1 aromatic heterocycles. The van der Waals surface area contributed by atoms with E-state index in [-0.39, 0.29) is 12.4 Å². The second kappa shape index (κ2) is 8.08. The molecule has 22 heavy (non-hydrogen) atoms. The van der Waals surface area contributed by atoms with Crippen LogP contribution in [0.3, 0.4) is 0 Å². The molecule has 0 N–H and O–H groups in total. The number of hydrogen-bond donors (Lipinski definition) is 0. The van der Waals surface area contributed by atoms with Crippen LogP contribution in [0.2, 0.25) is 0 Å². The highest BCUT2D eigenvalue weighted by Crippen LogP contribution is 2.29. The molecule has 0 bridgehead atoms. The number of hydrogen-bond acceptors (Lipinski definition) is 5. The number of rotatable bonds is 8. The Labute approximate surface area is 131 Å². The van der Waals surface area contributed by atoms with E-state index in [1.165, 1.54) is 0 Å². The van der Waals surface area contributed by atoms with Crippen LogP contribution < -0.4 is 0 Å². The van der Waals surface area contributed by atoms with E-state index >= 15 is 0 Å². The summed E-state index contributed by atoms with van der Waals surface area (Å²) in [5, 5.41) is 3.93. The van der Waals surface area contributed by atoms with Crippen LogP contribution in [0.25, 0.3) is 0 Å². The summed E-state index contributed by atoms with van der Waals surface area (Å²) < 4.78 is 22.1. The number of methoxy groups -OCH3 is 1. The summed E-state index contributed by atoms with van der Waals surface area (Å²) in [5.41, 5.74) is 2.87. The van der Waals surface area contributed by atoms with Crippen molar-refractivity contribution in [1.29, 1.82) is 0 Å². The first-order chi connectivity index (χ1) is 10.7. The van der Waals surface area contributed by atoms with Gasteiger partial charge >= 0.3 is 0 Å². The predicted molar refractivity (Wildman–Crippen MR) is 82.4 cm³/mol. The molecule has 0 saturated heterocycles. The maximum atomic E-state index is 5.72. The molecule has 5 nitrogen and oxygen atoms in total. The molecule has 0 radical (unpaired) electrons. The van der Waals surface area contributed by atoms with Gasteiger partial charge in [0, 0.05) is 19.8 Å². The average molecular weight is 305 g/mol. The fraction of sp³-hybridized carbons (Fsp3) is 0.471. The van der Waals surface area contributed by atoms with Gasteiger partial charge in [-0.2, -0.15) is 0 Å². The number of ether oxygens (including phenoxy) is 3. The van der Waals surface area contributed by atoms with Gasteiger partial charge in [0.15, 0.2) is 12.1 Å². The van der Waals surface area contributed by atoms with Crippen LogP contribution in [0.15, 0.2) is 34.9 Å². The van der Waals surface area contributed by atoms with Gasteiger partial charge in [-0.15, -0.1) is 0 Å². The molecule has 5 heteroatoms. The van der Waals surface area contributed by atoms with E-state index in [1.54, 1.807) is 7.11 Å². The lowest BCUT2D eigenvalue weighted by atomic mass is 10.0. The Kier molecular flexibility index (Phi) is 6.12. The van der Waals surface area contributed by atoms with E-state index in [4.69, 9.17) is 18.7 Å². The van der Waals surface area contributed by atoms with E-state index in [9.17, 15) is 0 Å². The van der Waals surface area contributed by atoms with Gasteiger partial charge in [-0.25, -0.2) is 0 Å². The monoisotopic (exact) mass is 305 g/mol. The zero-order valence-corrected chi connectivity index (χ0v) is 13.5. The predicted octanol–water partition coefficient (Wildman–Crippen LogP) is 3.62. The van der Waals surface area contributed by atoms with Crippen molar-refractivity contribution in [3.63, 3.8) is 0 Å². The van der Waals surface area contributed by atoms with Gasteiger partial charge in [-0.1, -0.05) is 29.4 Å². The lowest BCUT2D eigenvalue weighted by molar-refractivity contribution is -0.134. The summed E-state index contributed by atoms with van der Waals surface area (Å²) in [6.07, 6.45) is -0.546. The summed E-state index contributed by atoms with van der Waals surface area (Å²) >= 11 is 0. The zero-order chi connectivity index (χ0) is 15.9. The standard InChI is InChI=1S/C17H23NO4/c1-5-20-13(3)21-11-14-8-6-7-9-15(14)17(19-4)16-10-12(2)18-22-16/h6-10,13,17H,5,11H2,1-4H3. The molecule has 0 fully saturated rings. The van der Waals surface area contributed by atoms with Crippen molar-refractivity contribution in [3.05, 3.63) is 52.9 Å². The molecule has 0 amide bonds. The maximum Gasteiger partial charge on any atom is 0.170 e. The number of aromatic nitrogens is 1. The van der Waals surface area contributed by atoms with Gasteiger partial charge < -0.3 is 18.7 Å². The Morgan fingerprint density at radius 3 is 2.64 bits per heavy atom. The lowest BCUT2D eigenvalue weighted by Crippen LogP contribution is -2.14. The third-order valence-electron chi connectivity index (χ3n) is 3.35. The molecule has 2 rings (SSSR count). The highest BCUT2D eigenvalue weighted by Gasteiger charge is 2.21.